The average Bonchev–Trinajstić information content (AvgIpc) is 3.32. The summed E-state index contributed by atoms with van der Waals surface area (Å²) in [6, 6.07) is 9.65. The molecule has 8 nitrogen and oxygen atoms in total. The van der Waals surface area contributed by atoms with Gasteiger partial charge in [0.05, 0.1) is 32.4 Å². The van der Waals surface area contributed by atoms with Gasteiger partial charge < -0.3 is 29.0 Å². The molecule has 0 bridgehead atoms. The third kappa shape index (κ3) is 4.02. The number of fused-ring (bicyclic) bond motifs is 1. The molecule has 8 heteroatoms. The maximum atomic E-state index is 13.1. The first-order valence-electron chi connectivity index (χ1n) is 10.7. The number of ketones is 1. The number of Topliss-reactive ketones (excluding diaryl/α,β-unsaturated/α-hetero) is 1. The predicted octanol–water partition coefficient (Wildman–Crippen LogP) is 3.10. The van der Waals surface area contributed by atoms with Gasteiger partial charge in [-0.25, -0.2) is 0 Å². The number of hydrogen-bond donors (Lipinski definition) is 1. The lowest BCUT2D eigenvalue weighted by Gasteiger charge is -2.25. The van der Waals surface area contributed by atoms with E-state index in [0.29, 0.717) is 29.0 Å². The highest BCUT2D eigenvalue weighted by atomic mass is 16.5. The van der Waals surface area contributed by atoms with Gasteiger partial charge in [-0.15, -0.1) is 0 Å². The van der Waals surface area contributed by atoms with Crippen molar-refractivity contribution < 1.29 is 33.6 Å². The normalized spacial score (nSPS) is 21.2. The Morgan fingerprint density at radius 2 is 1.85 bits per heavy atom. The molecule has 174 valence electrons. The molecule has 2 aromatic carbocycles. The van der Waals surface area contributed by atoms with Gasteiger partial charge in [0.1, 0.15) is 17.6 Å². The zero-order chi connectivity index (χ0) is 23.7. The second-order valence-corrected chi connectivity index (χ2v) is 8.05. The Kier molecular flexibility index (Phi) is 6.29. The van der Waals surface area contributed by atoms with Crippen LogP contribution in [0.5, 0.6) is 17.2 Å². The summed E-state index contributed by atoms with van der Waals surface area (Å²) < 4.78 is 21.6. The van der Waals surface area contributed by atoms with E-state index >= 15 is 0 Å². The molecule has 1 saturated heterocycles. The summed E-state index contributed by atoms with van der Waals surface area (Å²) in [6.07, 6.45) is 0.751. The van der Waals surface area contributed by atoms with Gasteiger partial charge in [0.15, 0.2) is 11.5 Å². The number of rotatable bonds is 7. The molecule has 2 atom stereocenters. The van der Waals surface area contributed by atoms with Gasteiger partial charge in [-0.1, -0.05) is 6.07 Å². The molecule has 2 aliphatic heterocycles. The smallest absolute Gasteiger partial charge is 0.295 e. The Labute approximate surface area is 192 Å². The summed E-state index contributed by atoms with van der Waals surface area (Å²) >= 11 is 0. The van der Waals surface area contributed by atoms with E-state index in [4.69, 9.17) is 18.9 Å². The number of carbonyl (C=O) groups excluding carboxylic acids is 2. The fourth-order valence-electron chi connectivity index (χ4n) is 4.39. The van der Waals surface area contributed by atoms with Crippen molar-refractivity contribution in [2.75, 3.05) is 34.5 Å². The Morgan fingerprint density at radius 1 is 1.09 bits per heavy atom. The number of amides is 1. The Morgan fingerprint density at radius 3 is 2.55 bits per heavy atom. The molecule has 1 amide bonds. The van der Waals surface area contributed by atoms with E-state index in [2.05, 4.69) is 0 Å². The number of aliphatic hydroxyl groups is 1. The second kappa shape index (κ2) is 9.15. The first-order valence-corrected chi connectivity index (χ1v) is 10.7. The minimum atomic E-state index is -0.802. The van der Waals surface area contributed by atoms with E-state index < -0.39 is 17.7 Å². The maximum absolute atomic E-state index is 13.1. The molecule has 0 aromatic heterocycles. The summed E-state index contributed by atoms with van der Waals surface area (Å²) in [6.45, 7) is 2.40. The van der Waals surface area contributed by atoms with Crippen LogP contribution >= 0.6 is 0 Å². The number of aliphatic hydroxyl groups excluding tert-OH is 1. The summed E-state index contributed by atoms with van der Waals surface area (Å²) in [7, 11) is 4.56. The zero-order valence-electron chi connectivity index (χ0n) is 19.1. The molecule has 0 spiro atoms. The monoisotopic (exact) mass is 453 g/mol. The molecule has 0 aliphatic carbocycles. The third-order valence-corrected chi connectivity index (χ3v) is 5.97. The lowest BCUT2D eigenvalue weighted by Crippen LogP contribution is -2.32. The van der Waals surface area contributed by atoms with Gasteiger partial charge in [0, 0.05) is 25.6 Å². The molecule has 2 aliphatic rings. The number of nitrogens with zero attached hydrogens (tertiary/aromatic N) is 1. The third-order valence-electron chi connectivity index (χ3n) is 5.97. The topological polar surface area (TPSA) is 94.5 Å². The van der Waals surface area contributed by atoms with Crippen molar-refractivity contribution in [3.63, 3.8) is 0 Å². The standard InChI is InChI=1S/C25H27NO7/c1-14-11-17-12-16(6-7-18(17)33-14)23(27)21-22(26(9-10-30-2)25(29)24(21)28)15-5-8-19(31-3)20(13-15)32-4/h5-8,12-14,22,27H,9-11H2,1-4H3/b23-21-. The lowest BCUT2D eigenvalue weighted by molar-refractivity contribution is -0.140. The Balaban J connectivity index is 1.85. The van der Waals surface area contributed by atoms with Crippen molar-refractivity contribution in [3.05, 3.63) is 58.7 Å². The van der Waals surface area contributed by atoms with Gasteiger partial charge in [-0.2, -0.15) is 0 Å². The van der Waals surface area contributed by atoms with Crippen molar-refractivity contribution in [2.24, 2.45) is 0 Å². The highest BCUT2D eigenvalue weighted by Gasteiger charge is 2.46. The van der Waals surface area contributed by atoms with E-state index in [1.54, 1.807) is 30.3 Å². The van der Waals surface area contributed by atoms with Crippen LogP contribution in [-0.4, -0.2) is 62.3 Å². The summed E-state index contributed by atoms with van der Waals surface area (Å²) in [4.78, 5) is 27.5. The Bertz CT molecular complexity index is 1120. The molecule has 2 unspecified atom stereocenters. The molecule has 0 saturated carbocycles. The van der Waals surface area contributed by atoms with E-state index in [0.717, 1.165) is 11.3 Å². The van der Waals surface area contributed by atoms with Gasteiger partial charge in [0.2, 0.25) is 0 Å². The first-order chi connectivity index (χ1) is 15.9. The van der Waals surface area contributed by atoms with Crippen LogP contribution in [0.25, 0.3) is 5.76 Å². The van der Waals surface area contributed by atoms with Crippen LogP contribution in [0.2, 0.25) is 0 Å². The van der Waals surface area contributed by atoms with Crippen LogP contribution in [0.3, 0.4) is 0 Å². The van der Waals surface area contributed by atoms with Crippen LogP contribution in [0.1, 0.15) is 29.7 Å². The average molecular weight is 453 g/mol. The lowest BCUT2D eigenvalue weighted by atomic mass is 9.94. The number of likely N-dealkylation sites (tertiary alicyclic amines) is 1. The minimum Gasteiger partial charge on any atom is -0.507 e. The molecule has 0 radical (unpaired) electrons. The van der Waals surface area contributed by atoms with E-state index in [9.17, 15) is 14.7 Å². The Hall–Kier alpha value is -3.52. The van der Waals surface area contributed by atoms with Gasteiger partial charge >= 0.3 is 0 Å². The molecule has 2 heterocycles. The fraction of sp³-hybridized carbons (Fsp3) is 0.360. The molecule has 4 rings (SSSR count). The van der Waals surface area contributed by atoms with Crippen molar-refractivity contribution in [1.82, 2.24) is 4.90 Å². The molecule has 1 N–H and O–H groups in total. The maximum Gasteiger partial charge on any atom is 0.295 e. The summed E-state index contributed by atoms with van der Waals surface area (Å²) in [5.74, 6) is 0.0743. The highest BCUT2D eigenvalue weighted by molar-refractivity contribution is 6.46. The molecular formula is C25H27NO7. The first kappa shape index (κ1) is 22.7. The fourth-order valence-corrected chi connectivity index (χ4v) is 4.39. The molecule has 2 aromatic rings. The highest BCUT2D eigenvalue weighted by Crippen LogP contribution is 2.42. The van der Waals surface area contributed by atoms with Crippen LogP contribution in [0.4, 0.5) is 0 Å². The second-order valence-electron chi connectivity index (χ2n) is 8.05. The van der Waals surface area contributed by atoms with Crippen LogP contribution in [-0.2, 0) is 20.7 Å². The molecular weight excluding hydrogens is 426 g/mol. The quantitative estimate of drug-likeness (QED) is 0.391. The number of methoxy groups -OCH3 is 3. The predicted molar refractivity (Wildman–Crippen MR) is 121 cm³/mol. The van der Waals surface area contributed by atoms with Gasteiger partial charge in [-0.3, -0.25) is 9.59 Å². The number of carbonyl (C=O) groups is 2. The summed E-state index contributed by atoms with van der Waals surface area (Å²) in [5, 5.41) is 11.3. The molecule has 33 heavy (non-hydrogen) atoms. The summed E-state index contributed by atoms with van der Waals surface area (Å²) in [5.41, 5.74) is 2.04. The van der Waals surface area contributed by atoms with Crippen molar-refractivity contribution in [2.45, 2.75) is 25.5 Å². The number of ether oxygens (including phenoxy) is 4. The van der Waals surface area contributed by atoms with Crippen molar-refractivity contribution >= 4 is 17.4 Å². The number of hydrogen-bond acceptors (Lipinski definition) is 7. The van der Waals surface area contributed by atoms with E-state index in [-0.39, 0.29) is 30.6 Å². The largest absolute Gasteiger partial charge is 0.507 e. The van der Waals surface area contributed by atoms with Crippen LogP contribution in [0.15, 0.2) is 42.0 Å². The van der Waals surface area contributed by atoms with Gasteiger partial charge in [0.25, 0.3) is 11.7 Å². The van der Waals surface area contributed by atoms with E-state index in [1.807, 2.05) is 13.0 Å². The number of benzene rings is 2. The van der Waals surface area contributed by atoms with Crippen molar-refractivity contribution in [3.8, 4) is 17.2 Å². The van der Waals surface area contributed by atoms with Crippen LogP contribution < -0.4 is 14.2 Å². The molecule has 1 fully saturated rings. The van der Waals surface area contributed by atoms with Crippen molar-refractivity contribution in [1.29, 1.82) is 0 Å². The minimum absolute atomic E-state index is 0.0234. The SMILES string of the molecule is COCCN1C(=O)C(=O)/C(=C(\O)c2ccc3c(c2)CC(C)O3)C1c1ccc(OC)c(OC)c1. The van der Waals surface area contributed by atoms with E-state index in [1.165, 1.54) is 26.2 Å². The van der Waals surface area contributed by atoms with Crippen LogP contribution in [0, 0.1) is 0 Å². The zero-order valence-corrected chi connectivity index (χ0v) is 19.1. The van der Waals surface area contributed by atoms with Gasteiger partial charge in [-0.05, 0) is 48.4 Å².